The Morgan fingerprint density at radius 3 is 2.30 bits per heavy atom. The third-order valence-corrected chi connectivity index (χ3v) is 11.2. The number of carbonyl (C=O) groups excluding carboxylic acids is 3. The van der Waals surface area contributed by atoms with Crippen LogP contribution in [-0.2, 0) is 9.53 Å². The van der Waals surface area contributed by atoms with Crippen molar-refractivity contribution in [3.8, 4) is 0 Å². The molecule has 0 spiro atoms. The van der Waals surface area contributed by atoms with E-state index in [4.69, 9.17) is 4.74 Å². The summed E-state index contributed by atoms with van der Waals surface area (Å²) in [7, 11) is 0. The summed E-state index contributed by atoms with van der Waals surface area (Å²) in [6, 6.07) is 16.7. The van der Waals surface area contributed by atoms with E-state index >= 15 is 0 Å². The number of aliphatic hydroxyl groups is 1. The number of hydrogen-bond acceptors (Lipinski definition) is 9. The first kappa shape index (κ1) is 28.5. The molecule has 2 aromatic rings. The van der Waals surface area contributed by atoms with E-state index in [2.05, 4.69) is 15.8 Å². The molecule has 2 aliphatic heterocycles. The molecule has 3 aliphatic rings. The second-order valence-corrected chi connectivity index (χ2v) is 12.6. The van der Waals surface area contributed by atoms with E-state index < -0.39 is 28.3 Å². The maximum absolute atomic E-state index is 13.5. The minimum atomic E-state index is -1.66. The highest BCUT2D eigenvalue weighted by Crippen LogP contribution is 2.59. The maximum Gasteiger partial charge on any atom is 0.305 e. The molecule has 11 heteroatoms. The minimum Gasteiger partial charge on any atom is -0.466 e. The summed E-state index contributed by atoms with van der Waals surface area (Å²) in [6.45, 7) is 2.08. The van der Waals surface area contributed by atoms with Gasteiger partial charge in [-0.25, -0.2) is 0 Å². The van der Waals surface area contributed by atoms with E-state index in [1.807, 2.05) is 12.1 Å². The fraction of sp³-hybridized carbons (Fsp3) is 0.448. The van der Waals surface area contributed by atoms with Gasteiger partial charge in [-0.2, -0.15) is 11.8 Å². The summed E-state index contributed by atoms with van der Waals surface area (Å²) in [5.74, 6) is -0.494. The lowest BCUT2D eigenvalue weighted by Gasteiger charge is -2.53. The largest absolute Gasteiger partial charge is 0.466 e. The van der Waals surface area contributed by atoms with Crippen molar-refractivity contribution in [1.29, 1.82) is 0 Å². The highest BCUT2D eigenvalue weighted by Gasteiger charge is 2.75. The van der Waals surface area contributed by atoms with Gasteiger partial charge in [0.15, 0.2) is 0 Å². The van der Waals surface area contributed by atoms with E-state index in [1.54, 1.807) is 67.2 Å². The van der Waals surface area contributed by atoms with Gasteiger partial charge in [0.2, 0.25) is 0 Å². The highest BCUT2D eigenvalue weighted by atomic mass is 32.2. The van der Waals surface area contributed by atoms with Gasteiger partial charge in [0.1, 0.15) is 11.1 Å². The SMILES string of the molecule is CCOC(=O)CCC[C@H]1[C@H]2SC[C@H](NC(=O)c3ccccc3)[C@@]2(O)[C@@]2(NC(=O)c3ccccc3)CS[C@H]1/C2=N/O. The molecule has 2 saturated heterocycles. The van der Waals surface area contributed by atoms with Gasteiger partial charge in [0.05, 0.1) is 23.6 Å². The van der Waals surface area contributed by atoms with Crippen LogP contribution in [0.1, 0.15) is 46.9 Å². The summed E-state index contributed by atoms with van der Waals surface area (Å²) in [4.78, 5) is 38.8. The van der Waals surface area contributed by atoms with Crippen molar-refractivity contribution in [1.82, 2.24) is 10.6 Å². The lowest BCUT2D eigenvalue weighted by atomic mass is 9.61. The molecule has 1 aliphatic carbocycles. The summed E-state index contributed by atoms with van der Waals surface area (Å²) < 4.78 is 5.09. The number of nitrogens with zero attached hydrogens (tertiary/aromatic N) is 1. The van der Waals surface area contributed by atoms with Gasteiger partial charge in [-0.15, -0.1) is 11.8 Å². The van der Waals surface area contributed by atoms with Crippen LogP contribution < -0.4 is 10.6 Å². The zero-order valence-electron chi connectivity index (χ0n) is 22.1. The third kappa shape index (κ3) is 4.88. The molecule has 0 unspecified atom stereocenters. The van der Waals surface area contributed by atoms with Crippen molar-refractivity contribution < 1.29 is 29.4 Å². The Bertz CT molecular complexity index is 1280. The average Bonchev–Trinajstić information content (AvgIpc) is 3.48. The number of oxime groups is 1. The Balaban J connectivity index is 1.50. The molecule has 9 nitrogen and oxygen atoms in total. The Kier molecular flexibility index (Phi) is 8.44. The van der Waals surface area contributed by atoms with Gasteiger partial charge in [0, 0.05) is 34.3 Å². The summed E-state index contributed by atoms with van der Waals surface area (Å²) in [5.41, 5.74) is -1.91. The maximum atomic E-state index is 13.5. The number of thioether (sulfide) groups is 2. The van der Waals surface area contributed by atoms with Crippen LogP contribution in [0.3, 0.4) is 0 Å². The second kappa shape index (κ2) is 11.8. The summed E-state index contributed by atoms with van der Waals surface area (Å²) >= 11 is 3.07. The fourth-order valence-electron chi connectivity index (χ4n) is 6.26. The molecule has 2 amide bonds. The molecule has 2 aromatic carbocycles. The standard InChI is InChI=1S/C29H33N3O6S2/c1-2-38-22(33)15-9-14-20-23-24(32-37)28(17-40-23,31-27(35)19-12-7-4-8-13-19)29(36)21(16-39-25(20)29)30-26(34)18-10-5-3-6-11-18/h3-8,10-13,20-21,23,25,36-37H,2,9,14-17H2,1H3,(H,30,34)(H,31,35)/b32-24-/t20-,21+,23-,25-,28-,29+/m1/s1. The van der Waals surface area contributed by atoms with Crippen LogP contribution in [0, 0.1) is 5.92 Å². The molecule has 3 fully saturated rings. The third-order valence-electron chi connectivity index (χ3n) is 8.09. The number of nitrogens with one attached hydrogen (secondary N) is 2. The zero-order valence-corrected chi connectivity index (χ0v) is 23.7. The molecule has 2 heterocycles. The number of ether oxygens (including phenoxy) is 1. The zero-order chi connectivity index (χ0) is 28.3. The van der Waals surface area contributed by atoms with Gasteiger partial charge in [0.25, 0.3) is 11.8 Å². The molecule has 2 bridgehead atoms. The number of fused-ring (bicyclic) bond motifs is 4. The van der Waals surface area contributed by atoms with Crippen LogP contribution in [0.4, 0.5) is 0 Å². The highest BCUT2D eigenvalue weighted by molar-refractivity contribution is 8.02. The second-order valence-electron chi connectivity index (χ2n) is 10.3. The van der Waals surface area contributed by atoms with E-state index in [1.165, 1.54) is 11.8 Å². The van der Waals surface area contributed by atoms with Crippen molar-refractivity contribution in [3.05, 3.63) is 71.8 Å². The van der Waals surface area contributed by atoms with Gasteiger partial charge >= 0.3 is 5.97 Å². The van der Waals surface area contributed by atoms with Gasteiger partial charge in [-0.3, -0.25) is 14.4 Å². The number of amides is 2. The molecular weight excluding hydrogens is 550 g/mol. The van der Waals surface area contributed by atoms with Gasteiger partial charge in [-0.05, 0) is 49.9 Å². The fourth-order valence-corrected chi connectivity index (χ4v) is 10.1. The van der Waals surface area contributed by atoms with Crippen molar-refractivity contribution in [2.24, 2.45) is 11.1 Å². The van der Waals surface area contributed by atoms with Crippen molar-refractivity contribution in [2.45, 2.75) is 53.9 Å². The number of esters is 1. The molecule has 5 rings (SSSR count). The topological polar surface area (TPSA) is 137 Å². The monoisotopic (exact) mass is 583 g/mol. The smallest absolute Gasteiger partial charge is 0.305 e. The first-order chi connectivity index (χ1) is 19.4. The van der Waals surface area contributed by atoms with Crippen LogP contribution in [0.2, 0.25) is 0 Å². The first-order valence-electron chi connectivity index (χ1n) is 13.4. The van der Waals surface area contributed by atoms with E-state index in [-0.39, 0.29) is 35.2 Å². The normalized spacial score (nSPS) is 31.4. The van der Waals surface area contributed by atoms with Gasteiger partial charge < -0.3 is 25.7 Å². The average molecular weight is 584 g/mol. The lowest BCUT2D eigenvalue weighted by molar-refractivity contribution is -0.143. The van der Waals surface area contributed by atoms with Crippen molar-refractivity contribution >= 4 is 47.0 Å². The number of benzene rings is 2. The van der Waals surface area contributed by atoms with Crippen molar-refractivity contribution in [3.63, 3.8) is 0 Å². The molecule has 40 heavy (non-hydrogen) atoms. The van der Waals surface area contributed by atoms with Crippen LogP contribution in [0.25, 0.3) is 0 Å². The van der Waals surface area contributed by atoms with Crippen LogP contribution in [0.5, 0.6) is 0 Å². The molecule has 0 aromatic heterocycles. The predicted octanol–water partition coefficient (Wildman–Crippen LogP) is 3.11. The molecule has 1 saturated carbocycles. The number of rotatable bonds is 9. The molecule has 212 valence electrons. The van der Waals surface area contributed by atoms with Crippen LogP contribution in [0.15, 0.2) is 65.8 Å². The Labute approximate surface area is 241 Å². The predicted molar refractivity (Wildman–Crippen MR) is 155 cm³/mol. The van der Waals surface area contributed by atoms with Crippen LogP contribution >= 0.6 is 23.5 Å². The van der Waals surface area contributed by atoms with E-state index in [0.717, 1.165) is 0 Å². The first-order valence-corrected chi connectivity index (χ1v) is 15.5. The minimum absolute atomic E-state index is 0.164. The summed E-state index contributed by atoms with van der Waals surface area (Å²) in [5, 5.41) is 32.3. The Hall–Kier alpha value is -3.02. The summed E-state index contributed by atoms with van der Waals surface area (Å²) in [6.07, 6.45) is 1.36. The van der Waals surface area contributed by atoms with Crippen molar-refractivity contribution in [2.75, 3.05) is 18.1 Å². The molecule has 6 atom stereocenters. The Morgan fingerprint density at radius 1 is 1.02 bits per heavy atom. The molecule has 0 radical (unpaired) electrons. The van der Waals surface area contributed by atoms with E-state index in [0.29, 0.717) is 42.0 Å². The number of carbonyl (C=O) groups is 3. The van der Waals surface area contributed by atoms with E-state index in [9.17, 15) is 24.7 Å². The van der Waals surface area contributed by atoms with Gasteiger partial charge in [-0.1, -0.05) is 41.6 Å². The lowest BCUT2D eigenvalue weighted by Crippen LogP contribution is -2.80. The number of hydrogen-bond donors (Lipinski definition) is 4. The Morgan fingerprint density at radius 2 is 1.68 bits per heavy atom. The van der Waals surface area contributed by atoms with Crippen LogP contribution in [-0.4, -0.2) is 79.6 Å². The molecule has 4 N–H and O–H groups in total. The molecular formula is C29H33N3O6S2. The quantitative estimate of drug-likeness (QED) is 0.201.